The van der Waals surface area contributed by atoms with Crippen molar-refractivity contribution in [1.29, 1.82) is 0 Å². The van der Waals surface area contributed by atoms with Crippen LogP contribution in [0.5, 0.6) is 0 Å². The smallest absolute Gasteiger partial charge is 0.335 e. The Morgan fingerprint density at radius 2 is 1.69 bits per heavy atom. The number of aryl methyl sites for hydroxylation is 1. The Morgan fingerprint density at radius 3 is 2.49 bits per heavy atom. The normalized spacial score (nSPS) is 11.9. The second-order valence-electron chi connectivity index (χ2n) is 9.09. The number of pyridine rings is 1. The molecule has 0 aliphatic rings. The summed E-state index contributed by atoms with van der Waals surface area (Å²) in [6, 6.07) is 23.4. The van der Waals surface area contributed by atoms with Crippen molar-refractivity contribution >= 4 is 52.5 Å². The number of fused-ring (bicyclic) bond motifs is 1. The van der Waals surface area contributed by atoms with Gasteiger partial charge in [0.2, 0.25) is 5.91 Å². The lowest BCUT2D eigenvalue weighted by Crippen LogP contribution is -2.29. The number of aromatic carboxylic acids is 1. The third-order valence-electron chi connectivity index (χ3n) is 6.29. The maximum atomic E-state index is 12.5. The van der Waals surface area contributed by atoms with E-state index in [1.807, 2.05) is 66.7 Å². The lowest BCUT2D eigenvalue weighted by atomic mass is 9.95. The van der Waals surface area contributed by atoms with Gasteiger partial charge in [-0.05, 0) is 65.9 Å². The first kappa shape index (κ1) is 27.5. The number of halogens is 1. The number of hydrogen-bond donors (Lipinski definition) is 3. The number of rotatable bonds is 11. The lowest BCUT2D eigenvalue weighted by Gasteiger charge is -2.20. The first-order valence-electron chi connectivity index (χ1n) is 12.5. The van der Waals surface area contributed by atoms with Gasteiger partial charge in [0.15, 0.2) is 0 Å². The molecule has 0 aliphatic heterocycles. The van der Waals surface area contributed by atoms with E-state index in [1.54, 1.807) is 24.3 Å². The van der Waals surface area contributed by atoms with Crippen LogP contribution in [0.4, 0.5) is 0 Å². The minimum atomic E-state index is -1.05. The summed E-state index contributed by atoms with van der Waals surface area (Å²) >= 11 is 6.10. The largest absolute Gasteiger partial charge is 0.481 e. The molecule has 4 rings (SSSR count). The molecule has 8 heteroatoms. The number of nitrogens with one attached hydrogen (secondary N) is 1. The molecule has 1 aromatic heterocycles. The van der Waals surface area contributed by atoms with Gasteiger partial charge in [0.05, 0.1) is 29.2 Å². The molecule has 4 aromatic rings. The lowest BCUT2D eigenvalue weighted by molar-refractivity contribution is -0.138. The molecular weight excluding hydrogens is 516 g/mol. The average Bonchev–Trinajstić information content (AvgIpc) is 2.93. The molecule has 1 atom stereocenters. The van der Waals surface area contributed by atoms with Crippen molar-refractivity contribution in [3.8, 4) is 0 Å². The molecule has 1 unspecified atom stereocenters. The van der Waals surface area contributed by atoms with Crippen LogP contribution < -0.4 is 5.32 Å². The van der Waals surface area contributed by atoms with Gasteiger partial charge < -0.3 is 15.5 Å². The van der Waals surface area contributed by atoms with E-state index >= 15 is 0 Å². The highest BCUT2D eigenvalue weighted by Gasteiger charge is 2.18. The minimum Gasteiger partial charge on any atom is -0.481 e. The molecule has 7 nitrogen and oxygen atoms in total. The van der Waals surface area contributed by atoms with Crippen molar-refractivity contribution < 1.29 is 24.6 Å². The van der Waals surface area contributed by atoms with Crippen molar-refractivity contribution in [2.45, 2.75) is 31.7 Å². The zero-order chi connectivity index (χ0) is 27.8. The molecule has 1 amide bonds. The summed E-state index contributed by atoms with van der Waals surface area (Å²) in [7, 11) is 0. The van der Waals surface area contributed by atoms with E-state index in [1.165, 1.54) is 0 Å². The SMILES string of the molecule is O=C(O)CCC(=O)NC(CCc1ccccc1C(=O)O)c1cccc(C=Cc2ccc3ccc(Cl)cc3n2)c1. The fourth-order valence-corrected chi connectivity index (χ4v) is 4.48. The summed E-state index contributed by atoms with van der Waals surface area (Å²) in [5, 5.41) is 23.0. The Hall–Kier alpha value is -4.49. The zero-order valence-electron chi connectivity index (χ0n) is 21.0. The number of hydrogen-bond acceptors (Lipinski definition) is 4. The monoisotopic (exact) mass is 542 g/mol. The maximum absolute atomic E-state index is 12.5. The van der Waals surface area contributed by atoms with Crippen LogP contribution in [0.1, 0.15) is 58.0 Å². The summed E-state index contributed by atoms with van der Waals surface area (Å²) in [4.78, 5) is 39.8. The van der Waals surface area contributed by atoms with Crippen LogP contribution in [0.3, 0.4) is 0 Å². The third-order valence-corrected chi connectivity index (χ3v) is 6.52. The van der Waals surface area contributed by atoms with Crippen molar-refractivity contribution in [2.24, 2.45) is 0 Å². The average molecular weight is 543 g/mol. The molecule has 198 valence electrons. The fraction of sp³-hybridized carbons (Fsp3) is 0.161. The first-order valence-corrected chi connectivity index (χ1v) is 12.8. The van der Waals surface area contributed by atoms with Crippen molar-refractivity contribution in [3.05, 3.63) is 112 Å². The summed E-state index contributed by atoms with van der Waals surface area (Å²) in [6.07, 6.45) is 4.25. The maximum Gasteiger partial charge on any atom is 0.335 e. The highest BCUT2D eigenvalue weighted by molar-refractivity contribution is 6.31. The summed E-state index contributed by atoms with van der Waals surface area (Å²) in [6.45, 7) is 0. The molecule has 0 saturated heterocycles. The molecular formula is C31H27ClN2O5. The van der Waals surface area contributed by atoms with Crippen LogP contribution in [-0.4, -0.2) is 33.0 Å². The van der Waals surface area contributed by atoms with Gasteiger partial charge in [0, 0.05) is 16.8 Å². The van der Waals surface area contributed by atoms with Crippen LogP contribution in [0.15, 0.2) is 78.9 Å². The van der Waals surface area contributed by atoms with E-state index in [9.17, 15) is 19.5 Å². The van der Waals surface area contributed by atoms with E-state index in [0.717, 1.165) is 27.7 Å². The Balaban J connectivity index is 1.56. The van der Waals surface area contributed by atoms with Crippen LogP contribution in [-0.2, 0) is 16.0 Å². The van der Waals surface area contributed by atoms with Gasteiger partial charge in [0.1, 0.15) is 0 Å². The molecule has 0 fully saturated rings. The van der Waals surface area contributed by atoms with E-state index in [-0.39, 0.29) is 24.3 Å². The van der Waals surface area contributed by atoms with Crippen molar-refractivity contribution in [3.63, 3.8) is 0 Å². The predicted molar refractivity (Wildman–Crippen MR) is 152 cm³/mol. The summed E-state index contributed by atoms with van der Waals surface area (Å²) in [5.74, 6) is -2.44. The number of carbonyl (C=O) groups is 3. The molecule has 0 spiro atoms. The minimum absolute atomic E-state index is 0.144. The van der Waals surface area contributed by atoms with Crippen LogP contribution in [0, 0.1) is 0 Å². The van der Waals surface area contributed by atoms with Crippen LogP contribution in [0.2, 0.25) is 5.02 Å². The van der Waals surface area contributed by atoms with E-state index in [2.05, 4.69) is 10.3 Å². The zero-order valence-corrected chi connectivity index (χ0v) is 21.8. The predicted octanol–water partition coefficient (Wildman–Crippen LogP) is 6.41. The molecule has 3 aromatic carbocycles. The molecule has 0 bridgehead atoms. The topological polar surface area (TPSA) is 117 Å². The van der Waals surface area contributed by atoms with E-state index < -0.39 is 18.0 Å². The van der Waals surface area contributed by atoms with E-state index in [4.69, 9.17) is 16.7 Å². The number of aliphatic carboxylic acids is 1. The quantitative estimate of drug-likeness (QED) is 0.201. The van der Waals surface area contributed by atoms with Gasteiger partial charge in [-0.25, -0.2) is 9.78 Å². The highest BCUT2D eigenvalue weighted by atomic mass is 35.5. The number of carboxylic acid groups (broad SMARTS) is 2. The number of nitrogens with zero attached hydrogens (tertiary/aromatic N) is 1. The first-order chi connectivity index (χ1) is 18.8. The van der Waals surface area contributed by atoms with Gasteiger partial charge in [-0.2, -0.15) is 0 Å². The Bertz CT molecular complexity index is 1550. The standard InChI is InChI=1S/C31H27ClN2O5/c32-24-12-9-22-10-14-25(33-28(22)19-24)13-8-20-4-3-6-23(18-20)27(34-29(35)16-17-30(36)37)15-11-21-5-1-2-7-26(21)31(38)39/h1-10,12-14,18-19,27H,11,15-17H2,(H,34,35)(H,36,37)(H,38,39). The second-order valence-corrected chi connectivity index (χ2v) is 9.53. The number of carboxylic acids is 2. The summed E-state index contributed by atoms with van der Waals surface area (Å²) < 4.78 is 0. The molecule has 0 radical (unpaired) electrons. The Kier molecular flexibility index (Phi) is 9.07. The number of amides is 1. The van der Waals surface area contributed by atoms with Crippen molar-refractivity contribution in [2.75, 3.05) is 0 Å². The van der Waals surface area contributed by atoms with Crippen LogP contribution >= 0.6 is 11.6 Å². The van der Waals surface area contributed by atoms with Crippen molar-refractivity contribution in [1.82, 2.24) is 10.3 Å². The van der Waals surface area contributed by atoms with Gasteiger partial charge in [-0.3, -0.25) is 9.59 Å². The number of benzene rings is 3. The number of carbonyl (C=O) groups excluding carboxylic acids is 1. The van der Waals surface area contributed by atoms with Crippen LogP contribution in [0.25, 0.3) is 23.1 Å². The third kappa shape index (κ3) is 7.75. The fourth-order valence-electron chi connectivity index (χ4n) is 4.32. The molecule has 3 N–H and O–H groups in total. The Labute approximate surface area is 230 Å². The van der Waals surface area contributed by atoms with Gasteiger partial charge in [-0.1, -0.05) is 66.2 Å². The van der Waals surface area contributed by atoms with Gasteiger partial charge >= 0.3 is 11.9 Å². The summed E-state index contributed by atoms with van der Waals surface area (Å²) in [5.41, 5.74) is 4.15. The Morgan fingerprint density at radius 1 is 0.897 bits per heavy atom. The number of aromatic nitrogens is 1. The second kappa shape index (κ2) is 12.8. The molecule has 1 heterocycles. The van der Waals surface area contributed by atoms with E-state index in [0.29, 0.717) is 23.4 Å². The molecule has 0 aliphatic carbocycles. The molecule has 39 heavy (non-hydrogen) atoms. The van der Waals surface area contributed by atoms with Gasteiger partial charge in [0.25, 0.3) is 0 Å². The van der Waals surface area contributed by atoms with Gasteiger partial charge in [-0.15, -0.1) is 0 Å². The molecule has 0 saturated carbocycles. The highest BCUT2D eigenvalue weighted by Crippen LogP contribution is 2.24.